The molecule has 1 aromatic carbocycles. The van der Waals surface area contributed by atoms with Gasteiger partial charge in [-0.2, -0.15) is 0 Å². The number of anilines is 1. The summed E-state index contributed by atoms with van der Waals surface area (Å²) in [6.45, 7) is 2.97. The van der Waals surface area contributed by atoms with Crippen molar-refractivity contribution in [3.05, 3.63) is 63.9 Å². The van der Waals surface area contributed by atoms with E-state index in [1.807, 2.05) is 4.90 Å². The summed E-state index contributed by atoms with van der Waals surface area (Å²) in [7, 11) is 0. The van der Waals surface area contributed by atoms with Crippen LogP contribution in [0.3, 0.4) is 0 Å². The van der Waals surface area contributed by atoms with E-state index in [1.54, 1.807) is 6.07 Å². The summed E-state index contributed by atoms with van der Waals surface area (Å²) in [6.07, 6.45) is 1.03. The second-order valence-electron chi connectivity index (χ2n) is 6.42. The van der Waals surface area contributed by atoms with Crippen LogP contribution in [0.15, 0.2) is 41.3 Å². The summed E-state index contributed by atoms with van der Waals surface area (Å²) in [6, 6.07) is 6.07. The molecular formula is C19H16F2N4O3. The molecule has 0 atom stereocenters. The van der Waals surface area contributed by atoms with Crippen LogP contribution in [0.2, 0.25) is 0 Å². The molecule has 0 bridgehead atoms. The van der Waals surface area contributed by atoms with Gasteiger partial charge in [0, 0.05) is 38.4 Å². The lowest BCUT2D eigenvalue weighted by molar-refractivity contribution is 0.0695. The van der Waals surface area contributed by atoms with Crippen LogP contribution in [0.5, 0.6) is 0 Å². The summed E-state index contributed by atoms with van der Waals surface area (Å²) < 4.78 is 28.9. The number of rotatable bonds is 3. The Morgan fingerprint density at radius 1 is 1.14 bits per heavy atom. The van der Waals surface area contributed by atoms with Crippen LogP contribution in [0.25, 0.3) is 16.7 Å². The number of pyridine rings is 2. The minimum Gasteiger partial charge on any atom is -0.477 e. The zero-order chi connectivity index (χ0) is 19.8. The van der Waals surface area contributed by atoms with E-state index in [9.17, 15) is 23.5 Å². The van der Waals surface area contributed by atoms with Crippen LogP contribution in [0, 0.1) is 11.6 Å². The van der Waals surface area contributed by atoms with Crippen LogP contribution in [0.1, 0.15) is 10.4 Å². The Bertz CT molecular complexity index is 1140. The second kappa shape index (κ2) is 7.01. The van der Waals surface area contributed by atoms with Gasteiger partial charge in [-0.15, -0.1) is 0 Å². The lowest BCUT2D eigenvalue weighted by Crippen LogP contribution is -2.43. The van der Waals surface area contributed by atoms with Crippen LogP contribution >= 0.6 is 0 Å². The fourth-order valence-corrected chi connectivity index (χ4v) is 3.28. The van der Waals surface area contributed by atoms with E-state index < -0.39 is 28.6 Å². The Labute approximate surface area is 157 Å². The molecule has 0 unspecified atom stereocenters. The smallest absolute Gasteiger partial charge is 0.341 e. The van der Waals surface area contributed by atoms with Crippen molar-refractivity contribution in [3.8, 4) is 5.69 Å². The number of benzene rings is 1. The van der Waals surface area contributed by atoms with Crippen LogP contribution in [0.4, 0.5) is 14.6 Å². The first-order chi connectivity index (χ1) is 13.5. The fraction of sp³-hybridized carbons (Fsp3) is 0.211. The number of fused-ring (bicyclic) bond motifs is 1. The maximum atomic E-state index is 14.4. The first-order valence-electron chi connectivity index (χ1n) is 8.66. The number of aromatic nitrogens is 2. The number of carboxylic acid groups (broad SMARTS) is 1. The monoisotopic (exact) mass is 386 g/mol. The quantitative estimate of drug-likeness (QED) is 0.714. The molecule has 7 nitrogen and oxygen atoms in total. The van der Waals surface area contributed by atoms with E-state index in [4.69, 9.17) is 0 Å². The molecule has 3 heterocycles. The highest BCUT2D eigenvalue weighted by Crippen LogP contribution is 2.22. The van der Waals surface area contributed by atoms with E-state index in [0.29, 0.717) is 25.0 Å². The van der Waals surface area contributed by atoms with Gasteiger partial charge in [0.25, 0.3) is 0 Å². The largest absolute Gasteiger partial charge is 0.477 e. The SMILES string of the molecule is O=C(O)c1cn(-c2ccc(F)cc2F)c2nc(N3CCNCC3)ccc2c1=O. The topological polar surface area (TPSA) is 87.5 Å². The molecule has 2 aromatic heterocycles. The summed E-state index contributed by atoms with van der Waals surface area (Å²) >= 11 is 0. The molecule has 0 saturated carbocycles. The zero-order valence-electron chi connectivity index (χ0n) is 14.7. The third-order valence-corrected chi connectivity index (χ3v) is 4.68. The highest BCUT2D eigenvalue weighted by atomic mass is 19.1. The second-order valence-corrected chi connectivity index (χ2v) is 6.42. The van der Waals surface area contributed by atoms with Crippen molar-refractivity contribution in [1.29, 1.82) is 0 Å². The lowest BCUT2D eigenvalue weighted by Gasteiger charge is -2.28. The van der Waals surface area contributed by atoms with Gasteiger partial charge in [-0.1, -0.05) is 0 Å². The normalized spacial score (nSPS) is 14.4. The first kappa shape index (κ1) is 18.1. The van der Waals surface area contributed by atoms with Gasteiger partial charge in [0.2, 0.25) is 5.43 Å². The Kier molecular flexibility index (Phi) is 4.52. The van der Waals surface area contributed by atoms with Crippen molar-refractivity contribution in [3.63, 3.8) is 0 Å². The predicted molar refractivity (Wildman–Crippen MR) is 99.3 cm³/mol. The van der Waals surface area contributed by atoms with Crippen LogP contribution in [-0.4, -0.2) is 46.8 Å². The average molecular weight is 386 g/mol. The molecule has 28 heavy (non-hydrogen) atoms. The number of piperazine rings is 1. The molecule has 1 saturated heterocycles. The molecule has 0 spiro atoms. The predicted octanol–water partition coefficient (Wildman–Crippen LogP) is 1.77. The van der Waals surface area contributed by atoms with Gasteiger partial charge < -0.3 is 15.3 Å². The van der Waals surface area contributed by atoms with Gasteiger partial charge in [-0.25, -0.2) is 18.6 Å². The summed E-state index contributed by atoms with van der Waals surface area (Å²) in [5.41, 5.74) is -1.22. The third kappa shape index (κ3) is 3.09. The van der Waals surface area contributed by atoms with Crippen molar-refractivity contribution in [2.45, 2.75) is 0 Å². The number of halogens is 2. The van der Waals surface area contributed by atoms with Gasteiger partial charge in [0.15, 0.2) is 5.65 Å². The Morgan fingerprint density at radius 2 is 1.89 bits per heavy atom. The number of carbonyl (C=O) groups is 1. The molecule has 1 fully saturated rings. The van der Waals surface area contributed by atoms with Crippen molar-refractivity contribution in [2.75, 3.05) is 31.1 Å². The Hall–Kier alpha value is -3.33. The van der Waals surface area contributed by atoms with Crippen molar-refractivity contribution in [1.82, 2.24) is 14.9 Å². The highest BCUT2D eigenvalue weighted by Gasteiger charge is 2.20. The number of hydrogen-bond acceptors (Lipinski definition) is 5. The lowest BCUT2D eigenvalue weighted by atomic mass is 10.1. The average Bonchev–Trinajstić information content (AvgIpc) is 2.69. The molecule has 0 amide bonds. The molecule has 1 aliphatic heterocycles. The summed E-state index contributed by atoms with van der Waals surface area (Å²) in [5.74, 6) is -2.50. The number of aromatic carboxylic acids is 1. The Morgan fingerprint density at radius 3 is 2.57 bits per heavy atom. The number of nitrogens with one attached hydrogen (secondary N) is 1. The van der Waals surface area contributed by atoms with E-state index >= 15 is 0 Å². The maximum Gasteiger partial charge on any atom is 0.341 e. The van der Waals surface area contributed by atoms with Gasteiger partial charge in [-0.05, 0) is 24.3 Å². The molecule has 144 valence electrons. The summed E-state index contributed by atoms with van der Waals surface area (Å²) in [5, 5.41) is 12.6. The molecule has 3 aromatic rings. The molecule has 2 N–H and O–H groups in total. The molecule has 0 aliphatic carbocycles. The first-order valence-corrected chi connectivity index (χ1v) is 8.66. The van der Waals surface area contributed by atoms with Crippen LogP contribution < -0.4 is 15.6 Å². The fourth-order valence-electron chi connectivity index (χ4n) is 3.28. The van der Waals surface area contributed by atoms with Crippen molar-refractivity contribution < 1.29 is 18.7 Å². The zero-order valence-corrected chi connectivity index (χ0v) is 14.7. The molecule has 9 heteroatoms. The molecular weight excluding hydrogens is 370 g/mol. The minimum atomic E-state index is -1.44. The highest BCUT2D eigenvalue weighted by molar-refractivity contribution is 5.92. The maximum absolute atomic E-state index is 14.4. The van der Waals surface area contributed by atoms with Crippen LogP contribution in [-0.2, 0) is 0 Å². The van der Waals surface area contributed by atoms with Gasteiger partial charge in [-0.3, -0.25) is 9.36 Å². The van der Waals surface area contributed by atoms with Crippen molar-refractivity contribution >= 4 is 22.8 Å². The summed E-state index contributed by atoms with van der Waals surface area (Å²) in [4.78, 5) is 30.6. The number of nitrogens with zero attached hydrogens (tertiary/aromatic N) is 3. The molecule has 1 aliphatic rings. The minimum absolute atomic E-state index is 0.0440. The van der Waals surface area contributed by atoms with E-state index in [-0.39, 0.29) is 16.7 Å². The Balaban J connectivity index is 2.00. The van der Waals surface area contributed by atoms with E-state index in [2.05, 4.69) is 10.3 Å². The van der Waals surface area contributed by atoms with Gasteiger partial charge >= 0.3 is 5.97 Å². The molecule has 4 rings (SSSR count). The van der Waals surface area contributed by atoms with E-state index in [1.165, 1.54) is 16.7 Å². The number of carboxylic acids is 1. The number of hydrogen-bond donors (Lipinski definition) is 2. The van der Waals surface area contributed by atoms with Gasteiger partial charge in [0.1, 0.15) is 23.0 Å². The van der Waals surface area contributed by atoms with E-state index in [0.717, 1.165) is 25.4 Å². The standard InChI is InChI=1S/C19H16F2N4O3/c20-11-1-3-15(14(21)9-11)25-10-13(19(27)28)17(26)12-2-4-16(23-18(12)25)24-7-5-22-6-8-24/h1-4,9-10,22H,5-8H2,(H,27,28). The van der Waals surface area contributed by atoms with Crippen molar-refractivity contribution in [2.24, 2.45) is 0 Å². The third-order valence-electron chi connectivity index (χ3n) is 4.68. The van der Waals surface area contributed by atoms with Gasteiger partial charge in [0.05, 0.1) is 11.1 Å². The molecule has 0 radical (unpaired) electrons.